The highest BCUT2D eigenvalue weighted by molar-refractivity contribution is 8.76. The minimum absolute atomic E-state index is 0.0452. The number of nitrogens with two attached hydrogens (primary N) is 4. The molecule has 2 aromatic carbocycles. The minimum Gasteiger partial charge on any atom is -0.504 e. The molecule has 0 unspecified atom stereocenters. The van der Waals surface area contributed by atoms with Gasteiger partial charge in [0.05, 0.1) is 12.1 Å². The highest BCUT2D eigenvalue weighted by Gasteiger charge is 2.57. The van der Waals surface area contributed by atoms with Crippen LogP contribution in [-0.2, 0) is 60.8 Å². The Morgan fingerprint density at radius 3 is 1.59 bits per heavy atom. The Bertz CT molecular complexity index is 2170. The van der Waals surface area contributed by atoms with Crippen molar-refractivity contribution in [2.45, 2.75) is 74.3 Å². The number of aliphatic carboxylic acids is 4. The van der Waals surface area contributed by atoms with Crippen LogP contribution < -0.4 is 38.9 Å². The number of hydrogen-bond acceptors (Lipinski definition) is 20. The molecule has 0 spiro atoms. The lowest BCUT2D eigenvalue weighted by atomic mass is 9.84. The van der Waals surface area contributed by atoms with E-state index in [1.54, 1.807) is 0 Å². The highest BCUT2D eigenvalue weighted by Crippen LogP contribution is 2.35. The number of carbonyl (C=O) groups is 10. The summed E-state index contributed by atoms with van der Waals surface area (Å²) in [4.78, 5) is 130. The summed E-state index contributed by atoms with van der Waals surface area (Å²) in [5.41, 5.74) is 20.6. The van der Waals surface area contributed by atoms with E-state index in [1.807, 2.05) is 10.6 Å². The molecule has 6 atom stereocenters. The maximum absolute atomic E-state index is 15.0. The molecule has 26 nitrogen and oxygen atoms in total. The van der Waals surface area contributed by atoms with Crippen LogP contribution in [-0.4, -0.2) is 165 Å². The molecule has 0 aliphatic rings. The van der Waals surface area contributed by atoms with Crippen molar-refractivity contribution in [3.05, 3.63) is 47.5 Å². The van der Waals surface area contributed by atoms with Crippen molar-refractivity contribution < 1.29 is 88.8 Å². The number of amides is 5. The Morgan fingerprint density at radius 2 is 1.11 bits per heavy atom. The summed E-state index contributed by atoms with van der Waals surface area (Å²) in [6, 6.07) is -2.25. The third-order valence-electron chi connectivity index (χ3n) is 9.32. The van der Waals surface area contributed by atoms with Crippen molar-refractivity contribution in [2.24, 2.45) is 22.9 Å². The predicted molar refractivity (Wildman–Crippen MR) is 230 cm³/mol. The quantitative estimate of drug-likeness (QED) is 0.0169. The molecule has 0 heterocycles. The van der Waals surface area contributed by atoms with Crippen LogP contribution in [0.25, 0.3) is 0 Å². The molecule has 19 N–H and O–H groups in total. The third-order valence-corrected chi connectivity index (χ3v) is 11.8. The van der Waals surface area contributed by atoms with Crippen molar-refractivity contribution in [3.8, 4) is 23.0 Å². The van der Waals surface area contributed by atoms with Gasteiger partial charge in [0.2, 0.25) is 23.6 Å². The van der Waals surface area contributed by atoms with Crippen LogP contribution in [0.4, 0.5) is 0 Å². The highest BCUT2D eigenvalue weighted by atomic mass is 33.1. The monoisotopic (exact) mass is 970 g/mol. The van der Waals surface area contributed by atoms with Gasteiger partial charge in [0.1, 0.15) is 31.2 Å². The molecular weight excluding hydrogens is 921 g/mol. The normalized spacial score (nSPS) is 14.2. The Hall–Kier alpha value is -6.72. The van der Waals surface area contributed by atoms with Gasteiger partial charge in [-0.1, -0.05) is 33.7 Å². The van der Waals surface area contributed by atoms with Gasteiger partial charge in [-0.05, 0) is 61.1 Å². The average molecular weight is 971 g/mol. The number of aromatic hydroxyl groups is 4. The number of carboxylic acid groups (broad SMARTS) is 4. The summed E-state index contributed by atoms with van der Waals surface area (Å²) in [5.74, 6) is -18.4. The van der Waals surface area contributed by atoms with E-state index in [0.717, 1.165) is 24.3 Å². The van der Waals surface area contributed by atoms with Gasteiger partial charge < -0.3 is 79.7 Å². The van der Waals surface area contributed by atoms with Gasteiger partial charge in [0, 0.05) is 24.3 Å². The summed E-state index contributed by atoms with van der Waals surface area (Å²) in [6.45, 7) is -2.17. The Labute approximate surface area is 381 Å². The van der Waals surface area contributed by atoms with Crippen molar-refractivity contribution in [3.63, 3.8) is 0 Å². The van der Waals surface area contributed by atoms with Gasteiger partial charge in [-0.2, -0.15) is 0 Å². The predicted octanol–water partition coefficient (Wildman–Crippen LogP) is -3.74. The van der Waals surface area contributed by atoms with Gasteiger partial charge in [0.15, 0.2) is 34.3 Å². The van der Waals surface area contributed by atoms with Gasteiger partial charge in [-0.3, -0.25) is 52.8 Å². The molecule has 0 aliphatic carbocycles. The van der Waals surface area contributed by atoms with Gasteiger partial charge in [0.25, 0.3) is 5.91 Å². The number of phenolic OH excluding ortho intramolecular Hbond substituents is 4. The van der Waals surface area contributed by atoms with Crippen molar-refractivity contribution in [2.75, 3.05) is 24.6 Å². The molecule has 0 saturated carbocycles. The Morgan fingerprint density at radius 1 is 0.621 bits per heavy atom. The molecule has 0 fully saturated rings. The fourth-order valence-corrected chi connectivity index (χ4v) is 8.39. The number of ketones is 1. The van der Waals surface area contributed by atoms with E-state index in [-0.39, 0.29) is 16.0 Å². The van der Waals surface area contributed by atoms with Crippen molar-refractivity contribution in [1.82, 2.24) is 20.9 Å². The molecule has 0 radical (unpaired) electrons. The number of hydrogen-bond donors (Lipinski definition) is 15. The summed E-state index contributed by atoms with van der Waals surface area (Å²) in [6.07, 6.45) is -3.78. The van der Waals surface area contributed by atoms with Crippen molar-refractivity contribution >= 4 is 80.8 Å². The molecule has 2 aromatic rings. The number of rotatable bonds is 28. The first kappa shape index (κ1) is 55.4. The molecule has 28 heteroatoms. The molecule has 0 aliphatic heterocycles. The lowest BCUT2D eigenvalue weighted by Gasteiger charge is -2.42. The number of imide groups is 1. The Kier molecular flexibility index (Phi) is 21.6. The van der Waals surface area contributed by atoms with Crippen LogP contribution in [0.1, 0.15) is 36.8 Å². The first-order valence-corrected chi connectivity index (χ1v) is 21.7. The standard InChI is InChI=1S/C38H50N8O18S2/c39-19(35(60)61)3-7-28(51)45-23(33(58)43-13-30(53)54)15-65-66-16-38(37(64)44-14-31(55)56,32(57)21(41)9-17-1-5-24(47)26(49)11-17)46(29(52)8-4-20(40)36(62)63)34(59)22(42)10-18-2-6-25(48)27(50)12-18/h1-2,5-6,11-12,19-23,47-50H,3-4,7-10,13-16,39-42H2,(H,43,58)(H,44,64)(H,45,51)(H,53,54)(H,55,56)(H,60,61)(H,62,63)/t19-,20-,21-,22-,23-,38+/m0/s1. The van der Waals surface area contributed by atoms with Gasteiger partial charge >= 0.3 is 23.9 Å². The number of phenols is 4. The van der Waals surface area contributed by atoms with Crippen LogP contribution in [0.3, 0.4) is 0 Å². The fourth-order valence-electron chi connectivity index (χ4n) is 5.81. The van der Waals surface area contributed by atoms with Crippen LogP contribution in [0, 0.1) is 0 Å². The summed E-state index contributed by atoms with van der Waals surface area (Å²) < 4.78 is 0. The molecule has 0 bridgehead atoms. The van der Waals surface area contributed by atoms with E-state index in [2.05, 4.69) is 5.32 Å². The third kappa shape index (κ3) is 16.4. The zero-order valence-corrected chi connectivity index (χ0v) is 36.3. The number of carboxylic acids is 4. The molecule has 0 aromatic heterocycles. The zero-order chi connectivity index (χ0) is 50.1. The fraction of sp³-hybridized carbons (Fsp3) is 0.421. The summed E-state index contributed by atoms with van der Waals surface area (Å²) in [7, 11) is 1.03. The maximum Gasteiger partial charge on any atom is 0.322 e. The number of nitrogens with one attached hydrogen (secondary N) is 3. The topological polar surface area (TPSA) is 476 Å². The Balaban J connectivity index is 2.84. The zero-order valence-electron chi connectivity index (χ0n) is 34.7. The van der Waals surface area contributed by atoms with Crippen LogP contribution >= 0.6 is 21.6 Å². The first-order chi connectivity index (χ1) is 30.8. The number of Topliss-reactive ketones (excluding diaryl/α,β-unsaturated/α-hetero) is 1. The number of carbonyl (C=O) groups excluding carboxylic acids is 6. The summed E-state index contributed by atoms with van der Waals surface area (Å²) in [5, 5.41) is 83.3. The van der Waals surface area contributed by atoms with E-state index < -0.39 is 181 Å². The molecular formula is C38H50N8O18S2. The molecule has 5 amide bonds. The maximum atomic E-state index is 15.0. The van der Waals surface area contributed by atoms with Crippen molar-refractivity contribution in [1.29, 1.82) is 0 Å². The van der Waals surface area contributed by atoms with E-state index in [9.17, 15) is 73.8 Å². The lowest BCUT2D eigenvalue weighted by Crippen LogP contribution is -2.73. The molecule has 66 heavy (non-hydrogen) atoms. The smallest absolute Gasteiger partial charge is 0.322 e. The minimum atomic E-state index is -3.25. The number of benzene rings is 2. The largest absolute Gasteiger partial charge is 0.504 e. The van der Waals surface area contributed by atoms with E-state index >= 15 is 4.79 Å². The van der Waals surface area contributed by atoms with Crippen LogP contribution in [0.15, 0.2) is 36.4 Å². The second kappa shape index (κ2) is 25.7. The second-order valence-corrected chi connectivity index (χ2v) is 16.9. The summed E-state index contributed by atoms with van der Waals surface area (Å²) >= 11 is 0. The molecule has 2 rings (SSSR count). The lowest BCUT2D eigenvalue weighted by molar-refractivity contribution is -0.164. The molecule has 0 saturated heterocycles. The van der Waals surface area contributed by atoms with E-state index in [4.69, 9.17) is 33.1 Å². The second-order valence-electron chi connectivity index (χ2n) is 14.4. The number of nitrogens with zero attached hydrogens (tertiary/aromatic N) is 1. The molecule has 362 valence electrons. The first-order valence-electron chi connectivity index (χ1n) is 19.3. The van der Waals surface area contributed by atoms with E-state index in [1.165, 1.54) is 12.1 Å². The average Bonchev–Trinajstić information content (AvgIpc) is 3.25. The van der Waals surface area contributed by atoms with Gasteiger partial charge in [-0.25, -0.2) is 0 Å². The van der Waals surface area contributed by atoms with Crippen LogP contribution in [0.5, 0.6) is 23.0 Å². The van der Waals surface area contributed by atoms with E-state index in [0.29, 0.717) is 21.6 Å². The van der Waals surface area contributed by atoms with Gasteiger partial charge in [-0.15, -0.1) is 0 Å². The SMILES string of the molecule is N[C@@H](CCC(=O)N[C@@H](CSSC[C@](C(=O)NCC(=O)O)(C(=O)[C@@H](N)Cc1ccc(O)c(O)c1)N(C(=O)CC[C@H](N)C(=O)O)C(=O)[C@@H](N)Cc1ccc(O)c(O)c1)C(=O)NCC(=O)O)C(=O)O. The van der Waals surface area contributed by atoms with Crippen LogP contribution in [0.2, 0.25) is 0 Å².